The van der Waals surface area contributed by atoms with E-state index in [-0.39, 0.29) is 30.7 Å². The first-order valence-corrected chi connectivity index (χ1v) is 8.85. The van der Waals surface area contributed by atoms with Crippen molar-refractivity contribution >= 4 is 29.4 Å². The molecule has 2 amide bonds. The van der Waals surface area contributed by atoms with Gasteiger partial charge < -0.3 is 20.1 Å². The van der Waals surface area contributed by atoms with E-state index in [1.54, 1.807) is 19.1 Å². The molecule has 2 rings (SSSR count). The maximum atomic E-state index is 12.9. The number of nitrogens with one attached hydrogen (secondary N) is 1. The van der Waals surface area contributed by atoms with Crippen molar-refractivity contribution in [2.24, 2.45) is 5.92 Å². The van der Waals surface area contributed by atoms with Crippen LogP contribution in [-0.2, 0) is 9.59 Å². The van der Waals surface area contributed by atoms with Crippen LogP contribution in [0.1, 0.15) is 36.5 Å². The molecule has 26 heavy (non-hydrogen) atoms. The molecule has 1 aromatic rings. The third-order valence-corrected chi connectivity index (χ3v) is 4.59. The van der Waals surface area contributed by atoms with Gasteiger partial charge in [-0.25, -0.2) is 0 Å². The van der Waals surface area contributed by atoms with Crippen molar-refractivity contribution in [2.45, 2.75) is 32.2 Å². The first kappa shape index (κ1) is 20.0. The molecule has 1 aliphatic rings. The maximum absolute atomic E-state index is 12.9. The molecule has 0 radical (unpaired) electrons. The van der Waals surface area contributed by atoms with E-state index >= 15 is 0 Å². The number of ether oxygens (including phenoxy) is 1. The number of likely N-dealkylation sites (tertiary alicyclic amines) is 1. The molecular weight excluding hydrogens is 360 g/mol. The van der Waals surface area contributed by atoms with Gasteiger partial charge in [0.2, 0.25) is 5.91 Å². The summed E-state index contributed by atoms with van der Waals surface area (Å²) in [4.78, 5) is 37.6. The molecule has 8 heteroatoms. The number of carboxylic acid groups (broad SMARTS) is 1. The summed E-state index contributed by atoms with van der Waals surface area (Å²) in [5.41, 5.74) is 0.318. The zero-order chi connectivity index (χ0) is 19.3. The van der Waals surface area contributed by atoms with Crippen molar-refractivity contribution < 1.29 is 24.2 Å². The second-order valence-corrected chi connectivity index (χ2v) is 6.89. The standard InChI is InChI=1S/C18H23ClN2O5/c1-11(8-16(22)23)10-20-17(24)14-4-3-7-21(14)18(25)13-9-12(19)5-6-15(13)26-2/h5-6,9,11,14H,3-4,7-8,10H2,1-2H3,(H,20,24)(H,22,23). The van der Waals surface area contributed by atoms with Crippen LogP contribution in [0.4, 0.5) is 0 Å². The molecule has 142 valence electrons. The molecule has 2 N–H and O–H groups in total. The lowest BCUT2D eigenvalue weighted by molar-refractivity contribution is -0.138. The smallest absolute Gasteiger partial charge is 0.303 e. The van der Waals surface area contributed by atoms with Gasteiger partial charge in [-0.1, -0.05) is 18.5 Å². The van der Waals surface area contributed by atoms with E-state index in [0.29, 0.717) is 29.3 Å². The highest BCUT2D eigenvalue weighted by molar-refractivity contribution is 6.31. The average Bonchev–Trinajstić information content (AvgIpc) is 3.08. The van der Waals surface area contributed by atoms with Gasteiger partial charge in [0.15, 0.2) is 0 Å². The van der Waals surface area contributed by atoms with Crippen molar-refractivity contribution in [1.29, 1.82) is 0 Å². The number of nitrogens with zero attached hydrogens (tertiary/aromatic N) is 1. The number of hydrogen-bond donors (Lipinski definition) is 2. The first-order chi connectivity index (χ1) is 12.3. The summed E-state index contributed by atoms with van der Waals surface area (Å²) >= 11 is 6.00. The quantitative estimate of drug-likeness (QED) is 0.753. The fourth-order valence-corrected chi connectivity index (χ4v) is 3.22. The van der Waals surface area contributed by atoms with E-state index < -0.39 is 12.0 Å². The molecule has 0 spiro atoms. The van der Waals surface area contributed by atoms with Crippen LogP contribution in [0.5, 0.6) is 5.75 Å². The third kappa shape index (κ3) is 4.88. The number of benzene rings is 1. The number of carbonyl (C=O) groups is 3. The molecule has 7 nitrogen and oxygen atoms in total. The molecule has 1 aromatic carbocycles. The van der Waals surface area contributed by atoms with Gasteiger partial charge in [0.05, 0.1) is 12.7 Å². The van der Waals surface area contributed by atoms with Gasteiger partial charge in [-0.15, -0.1) is 0 Å². The highest BCUT2D eigenvalue weighted by Gasteiger charge is 2.35. The summed E-state index contributed by atoms with van der Waals surface area (Å²) in [6.45, 7) is 2.48. The highest BCUT2D eigenvalue weighted by atomic mass is 35.5. The fourth-order valence-electron chi connectivity index (χ4n) is 3.05. The van der Waals surface area contributed by atoms with Crippen molar-refractivity contribution in [3.63, 3.8) is 0 Å². The zero-order valence-electron chi connectivity index (χ0n) is 14.8. The van der Waals surface area contributed by atoms with E-state index in [9.17, 15) is 14.4 Å². The van der Waals surface area contributed by atoms with Crippen LogP contribution in [0.3, 0.4) is 0 Å². The summed E-state index contributed by atoms with van der Waals surface area (Å²) < 4.78 is 5.23. The normalized spacial score (nSPS) is 17.7. The third-order valence-electron chi connectivity index (χ3n) is 4.36. The molecule has 2 unspecified atom stereocenters. The molecule has 1 saturated heterocycles. The second kappa shape index (κ2) is 8.89. The number of aliphatic carboxylic acids is 1. The van der Waals surface area contributed by atoms with Gasteiger partial charge in [-0.3, -0.25) is 14.4 Å². The summed E-state index contributed by atoms with van der Waals surface area (Å²) in [5, 5.41) is 12.0. The van der Waals surface area contributed by atoms with Crippen LogP contribution in [0.2, 0.25) is 5.02 Å². The molecule has 1 aliphatic heterocycles. The second-order valence-electron chi connectivity index (χ2n) is 6.45. The molecule has 2 atom stereocenters. The predicted molar refractivity (Wildman–Crippen MR) is 96.5 cm³/mol. The largest absolute Gasteiger partial charge is 0.496 e. The Balaban J connectivity index is 2.07. The number of rotatable bonds is 7. The number of amides is 2. The Hall–Kier alpha value is -2.28. The summed E-state index contributed by atoms with van der Waals surface area (Å²) in [6, 6.07) is 4.21. The average molecular weight is 383 g/mol. The molecule has 1 fully saturated rings. The minimum atomic E-state index is -0.905. The summed E-state index contributed by atoms with van der Waals surface area (Å²) in [6.07, 6.45) is 1.26. The van der Waals surface area contributed by atoms with Crippen LogP contribution < -0.4 is 10.1 Å². The van der Waals surface area contributed by atoms with Crippen molar-refractivity contribution in [1.82, 2.24) is 10.2 Å². The Morgan fingerprint density at radius 2 is 2.15 bits per heavy atom. The van der Waals surface area contributed by atoms with Crippen LogP contribution in [0.25, 0.3) is 0 Å². The Bertz CT molecular complexity index is 694. The Labute approximate surface area is 157 Å². The van der Waals surface area contributed by atoms with Gasteiger partial charge in [0, 0.05) is 24.5 Å². The number of carboxylic acids is 1. The number of halogens is 1. The van der Waals surface area contributed by atoms with E-state index in [2.05, 4.69) is 5.32 Å². The van der Waals surface area contributed by atoms with Crippen molar-refractivity contribution in [3.05, 3.63) is 28.8 Å². The van der Waals surface area contributed by atoms with Crippen LogP contribution in [-0.4, -0.2) is 54.0 Å². The lowest BCUT2D eigenvalue weighted by atomic mass is 10.1. The number of methoxy groups -OCH3 is 1. The highest BCUT2D eigenvalue weighted by Crippen LogP contribution is 2.27. The van der Waals surface area contributed by atoms with E-state index in [0.717, 1.165) is 6.42 Å². The Kier molecular flexibility index (Phi) is 6.85. The summed E-state index contributed by atoms with van der Waals surface area (Å²) in [7, 11) is 1.47. The van der Waals surface area contributed by atoms with Gasteiger partial charge in [-0.2, -0.15) is 0 Å². The number of carbonyl (C=O) groups excluding carboxylic acids is 2. The van der Waals surface area contributed by atoms with E-state index in [1.807, 2.05) is 0 Å². The molecule has 0 bridgehead atoms. The van der Waals surface area contributed by atoms with Crippen LogP contribution >= 0.6 is 11.6 Å². The molecular formula is C18H23ClN2O5. The lowest BCUT2D eigenvalue weighted by Gasteiger charge is -2.25. The first-order valence-electron chi connectivity index (χ1n) is 8.47. The minimum Gasteiger partial charge on any atom is -0.496 e. The van der Waals surface area contributed by atoms with Crippen molar-refractivity contribution in [3.8, 4) is 5.75 Å². The van der Waals surface area contributed by atoms with Gasteiger partial charge in [0.1, 0.15) is 11.8 Å². The Morgan fingerprint density at radius 1 is 1.42 bits per heavy atom. The van der Waals surface area contributed by atoms with Crippen LogP contribution in [0.15, 0.2) is 18.2 Å². The fraction of sp³-hybridized carbons (Fsp3) is 0.500. The maximum Gasteiger partial charge on any atom is 0.303 e. The number of hydrogen-bond acceptors (Lipinski definition) is 4. The van der Waals surface area contributed by atoms with E-state index in [1.165, 1.54) is 18.1 Å². The van der Waals surface area contributed by atoms with Crippen LogP contribution in [0, 0.1) is 5.92 Å². The SMILES string of the molecule is COc1ccc(Cl)cc1C(=O)N1CCCC1C(=O)NCC(C)CC(=O)O. The molecule has 0 saturated carbocycles. The molecule has 1 heterocycles. The minimum absolute atomic E-state index is 0.0205. The zero-order valence-corrected chi connectivity index (χ0v) is 15.6. The van der Waals surface area contributed by atoms with E-state index in [4.69, 9.17) is 21.4 Å². The van der Waals surface area contributed by atoms with Gasteiger partial charge in [-0.05, 0) is 37.0 Å². The van der Waals surface area contributed by atoms with Gasteiger partial charge >= 0.3 is 5.97 Å². The van der Waals surface area contributed by atoms with Crippen molar-refractivity contribution in [2.75, 3.05) is 20.2 Å². The molecule has 0 aliphatic carbocycles. The van der Waals surface area contributed by atoms with Gasteiger partial charge in [0.25, 0.3) is 5.91 Å². The lowest BCUT2D eigenvalue weighted by Crippen LogP contribution is -2.47. The molecule has 0 aromatic heterocycles. The Morgan fingerprint density at radius 3 is 2.81 bits per heavy atom. The topological polar surface area (TPSA) is 95.9 Å². The summed E-state index contributed by atoms with van der Waals surface area (Å²) in [5.74, 6) is -1.26. The predicted octanol–water partition coefficient (Wildman–Crippen LogP) is 2.18. The monoisotopic (exact) mass is 382 g/mol.